The van der Waals surface area contributed by atoms with Gasteiger partial charge < -0.3 is 0 Å². The number of hydrogen-bond acceptors (Lipinski definition) is 0. The number of hydrogen-bond donors (Lipinski definition) is 0. The zero-order valence-corrected chi connectivity index (χ0v) is 61.7. The van der Waals surface area contributed by atoms with E-state index in [9.17, 15) is 0 Å². The third-order valence-electron chi connectivity index (χ3n) is 25.4. The first-order valence-corrected chi connectivity index (χ1v) is 39.3. The Bertz CT molecular complexity index is 5730. The van der Waals surface area contributed by atoms with Gasteiger partial charge in [0.25, 0.3) is 0 Å². The molecule has 0 aliphatic heterocycles. The second kappa shape index (κ2) is 25.8. The lowest BCUT2D eigenvalue weighted by Crippen LogP contribution is -2.28. The lowest BCUT2D eigenvalue weighted by molar-refractivity contribution is 0.768. The van der Waals surface area contributed by atoms with Crippen molar-refractivity contribution in [2.45, 2.75) is 21.7 Å². The number of fused-ring (bicyclic) bond motifs is 12. The summed E-state index contributed by atoms with van der Waals surface area (Å²) in [6, 6.07) is 171. The van der Waals surface area contributed by atoms with Crippen molar-refractivity contribution in [1.82, 2.24) is 0 Å². The van der Waals surface area contributed by atoms with Crippen LogP contribution in [0.1, 0.15) is 89.0 Å². The topological polar surface area (TPSA) is 0 Å². The zero-order valence-electron chi connectivity index (χ0n) is 61.7. The van der Waals surface area contributed by atoms with Gasteiger partial charge in [-0.25, -0.2) is 0 Å². The minimum atomic E-state index is -0.604. The van der Waals surface area contributed by atoms with Crippen LogP contribution < -0.4 is 0 Å². The molecule has 0 nitrogen and oxygen atoms in total. The van der Waals surface area contributed by atoms with E-state index in [0.717, 1.165) is 55.6 Å². The standard InChI is InChI=1S/C112H74/c1-9-33-85(34-10-1)109(86-35-11-2-12-36-86)101-53-29-25-49-93(101)97-61-57-75(71-105(97)109)79-65-80(76-58-62-98-94-50-26-30-54-102(94)110(106(98)72-76,87-37-13-3-14-38-87)88-39-15-4-16-40-88)68-83(67-79)84-69-81(77-59-63-99-95-51-27-31-55-103(95)111(107(99)73-77,89-41-17-5-18-42-89)90-43-19-6-20-44-90)66-82(70-84)78-60-64-100-96-52-28-32-56-104(96)112(108(100)74-78,91-45-21-7-22-46-91)92-47-23-8-24-48-92/h1-74H. The molecule has 0 fully saturated rings. The molecule has 0 saturated heterocycles. The van der Waals surface area contributed by atoms with Crippen molar-refractivity contribution in [3.63, 3.8) is 0 Å². The molecule has 0 amide bonds. The first-order chi connectivity index (χ1) is 55.5. The Morgan fingerprint density at radius 2 is 0.241 bits per heavy atom. The average Bonchev–Trinajstić information content (AvgIpc) is 1.54. The molecule has 18 aromatic rings. The molecule has 112 heavy (non-hydrogen) atoms. The van der Waals surface area contributed by atoms with Crippen molar-refractivity contribution in [3.05, 3.63) is 538 Å². The van der Waals surface area contributed by atoms with E-state index in [1.54, 1.807) is 0 Å². The van der Waals surface area contributed by atoms with E-state index in [1.165, 1.54) is 134 Å². The maximum absolute atomic E-state index is 2.54. The van der Waals surface area contributed by atoms with Gasteiger partial charge in [-0.05, 0) is 250 Å². The van der Waals surface area contributed by atoms with E-state index in [0.29, 0.717) is 0 Å². The highest BCUT2D eigenvalue weighted by molar-refractivity contribution is 5.96. The highest BCUT2D eigenvalue weighted by atomic mass is 14.5. The fourth-order valence-corrected chi connectivity index (χ4v) is 20.8. The summed E-state index contributed by atoms with van der Waals surface area (Å²) in [5.41, 5.74) is 39.1. The maximum atomic E-state index is 2.54. The molecule has 22 rings (SSSR count). The van der Waals surface area contributed by atoms with Crippen LogP contribution in [0.15, 0.2) is 449 Å². The predicted octanol–water partition coefficient (Wildman–Crippen LogP) is 27.5. The molecule has 0 spiro atoms. The van der Waals surface area contributed by atoms with E-state index < -0.39 is 21.7 Å². The van der Waals surface area contributed by atoms with E-state index in [2.05, 4.69) is 449 Å². The smallest absolute Gasteiger partial charge is 0.0622 e. The Morgan fingerprint density at radius 1 is 0.0982 bits per heavy atom. The molecule has 4 aliphatic rings. The van der Waals surface area contributed by atoms with Crippen molar-refractivity contribution >= 4 is 0 Å². The SMILES string of the molecule is c1ccc(C2(c3ccccc3)c3ccccc3-c3ccc(-c4cc(-c5cc(-c6ccc7c(c6)C(c6ccccc6)(c6ccccc6)c6ccccc6-7)cc(-c6ccc7c(c6)C(c6ccccc6)(c6ccccc6)c6ccccc6-7)c5)cc(-c5ccc6c(c5)C(c5ccccc5)(c5ccccc5)c5ccccc5-6)c4)cc32)cc1. The summed E-state index contributed by atoms with van der Waals surface area (Å²) in [5, 5.41) is 0. The molecule has 0 heterocycles. The van der Waals surface area contributed by atoms with Crippen LogP contribution in [0.4, 0.5) is 0 Å². The van der Waals surface area contributed by atoms with Crippen LogP contribution in [0.5, 0.6) is 0 Å². The van der Waals surface area contributed by atoms with Gasteiger partial charge >= 0.3 is 0 Å². The summed E-state index contributed by atoms with van der Waals surface area (Å²) < 4.78 is 0. The maximum Gasteiger partial charge on any atom is 0.0713 e. The minimum absolute atomic E-state index is 0.604. The van der Waals surface area contributed by atoms with Crippen LogP contribution >= 0.6 is 0 Å². The Morgan fingerprint density at radius 3 is 0.420 bits per heavy atom. The molecule has 0 aromatic heterocycles. The monoisotopic (exact) mass is 1420 g/mol. The quantitative estimate of drug-likeness (QED) is 0.108. The van der Waals surface area contributed by atoms with Gasteiger partial charge in [0.1, 0.15) is 0 Å². The van der Waals surface area contributed by atoms with Crippen molar-refractivity contribution < 1.29 is 0 Å². The summed E-state index contributed by atoms with van der Waals surface area (Å²) in [6.07, 6.45) is 0. The molecule has 0 heteroatoms. The Labute approximate surface area is 655 Å². The van der Waals surface area contributed by atoms with Crippen LogP contribution in [0.25, 0.3) is 100 Å². The van der Waals surface area contributed by atoms with Crippen molar-refractivity contribution in [2.75, 3.05) is 0 Å². The Hall–Kier alpha value is -14.0. The Kier molecular flexibility index (Phi) is 15.0. The van der Waals surface area contributed by atoms with E-state index in [1.807, 2.05) is 0 Å². The molecular weight excluding hydrogens is 1350 g/mol. The molecule has 522 valence electrons. The molecule has 0 bridgehead atoms. The third-order valence-corrected chi connectivity index (χ3v) is 25.4. The second-order valence-electron chi connectivity index (χ2n) is 30.8. The molecule has 18 aromatic carbocycles. The van der Waals surface area contributed by atoms with E-state index in [-0.39, 0.29) is 0 Å². The first-order valence-electron chi connectivity index (χ1n) is 39.3. The molecule has 0 radical (unpaired) electrons. The fraction of sp³-hybridized carbons (Fsp3) is 0.0357. The fourth-order valence-electron chi connectivity index (χ4n) is 20.8. The van der Waals surface area contributed by atoms with Crippen LogP contribution in [-0.2, 0) is 21.7 Å². The number of rotatable bonds is 13. The molecular formula is C112H74. The van der Waals surface area contributed by atoms with Crippen molar-refractivity contribution in [2.24, 2.45) is 0 Å². The second-order valence-corrected chi connectivity index (χ2v) is 30.8. The molecule has 0 atom stereocenters. The summed E-state index contributed by atoms with van der Waals surface area (Å²) in [6.45, 7) is 0. The van der Waals surface area contributed by atoms with Gasteiger partial charge in [-0.1, -0.05) is 388 Å². The van der Waals surface area contributed by atoms with Gasteiger partial charge in [-0.2, -0.15) is 0 Å². The predicted molar refractivity (Wildman–Crippen MR) is 463 cm³/mol. The molecule has 0 N–H and O–H groups in total. The van der Waals surface area contributed by atoms with Gasteiger partial charge in [0.15, 0.2) is 0 Å². The summed E-state index contributed by atoms with van der Waals surface area (Å²) in [5.74, 6) is 0. The normalized spacial score (nSPS) is 14.2. The van der Waals surface area contributed by atoms with Crippen molar-refractivity contribution in [1.29, 1.82) is 0 Å². The Balaban J connectivity index is 0.821. The third kappa shape index (κ3) is 9.49. The zero-order chi connectivity index (χ0) is 74.0. The van der Waals surface area contributed by atoms with Crippen LogP contribution in [0, 0.1) is 0 Å². The molecule has 0 saturated carbocycles. The lowest BCUT2D eigenvalue weighted by Gasteiger charge is -2.34. The van der Waals surface area contributed by atoms with Gasteiger partial charge in [0, 0.05) is 0 Å². The highest BCUT2D eigenvalue weighted by Gasteiger charge is 2.51. The van der Waals surface area contributed by atoms with Gasteiger partial charge in [0.05, 0.1) is 21.7 Å². The van der Waals surface area contributed by atoms with E-state index >= 15 is 0 Å². The van der Waals surface area contributed by atoms with Crippen molar-refractivity contribution in [3.8, 4) is 100 Å². The summed E-state index contributed by atoms with van der Waals surface area (Å²) in [4.78, 5) is 0. The average molecular weight is 1420 g/mol. The summed E-state index contributed by atoms with van der Waals surface area (Å²) in [7, 11) is 0. The van der Waals surface area contributed by atoms with Crippen LogP contribution in [0.2, 0.25) is 0 Å². The number of benzene rings is 18. The van der Waals surface area contributed by atoms with Gasteiger partial charge in [-0.15, -0.1) is 0 Å². The summed E-state index contributed by atoms with van der Waals surface area (Å²) >= 11 is 0. The van der Waals surface area contributed by atoms with Gasteiger partial charge in [-0.3, -0.25) is 0 Å². The lowest BCUT2D eigenvalue weighted by atomic mass is 9.67. The van der Waals surface area contributed by atoms with Gasteiger partial charge in [0.2, 0.25) is 0 Å². The first kappa shape index (κ1) is 65.1. The van der Waals surface area contributed by atoms with Crippen LogP contribution in [0.3, 0.4) is 0 Å². The largest absolute Gasteiger partial charge is 0.0713 e. The highest BCUT2D eigenvalue weighted by Crippen LogP contribution is 2.62. The minimum Gasteiger partial charge on any atom is -0.0622 e. The van der Waals surface area contributed by atoms with Crippen LogP contribution in [-0.4, -0.2) is 0 Å². The van der Waals surface area contributed by atoms with E-state index in [4.69, 9.17) is 0 Å². The molecule has 0 unspecified atom stereocenters. The molecule has 4 aliphatic carbocycles.